The Morgan fingerprint density at radius 1 is 1.17 bits per heavy atom. The molecule has 0 aromatic carbocycles. The molecule has 2 unspecified atom stereocenters. The molecule has 1 fully saturated rings. The molecule has 0 saturated carbocycles. The Hall–Kier alpha value is -0.240. The normalized spacial score (nSPS) is 49.2. The summed E-state index contributed by atoms with van der Waals surface area (Å²) in [5.41, 5.74) is 5.26. The minimum atomic E-state index is -1.35. The highest BCUT2D eigenvalue weighted by molar-refractivity contribution is 4.90. The predicted molar refractivity (Wildman–Crippen MR) is 38.0 cm³/mol. The first-order chi connectivity index (χ1) is 5.57. The van der Waals surface area contributed by atoms with E-state index >= 15 is 0 Å². The second-order valence-electron chi connectivity index (χ2n) is 2.81. The lowest BCUT2D eigenvalue weighted by molar-refractivity contribution is -0.248. The summed E-state index contributed by atoms with van der Waals surface area (Å²) in [5, 5.41) is 36.1. The number of aliphatic hydroxyl groups is 4. The van der Waals surface area contributed by atoms with Crippen LogP contribution in [0, 0.1) is 0 Å². The zero-order valence-electron chi connectivity index (χ0n) is 6.37. The van der Waals surface area contributed by atoms with Gasteiger partial charge in [0.15, 0.2) is 6.29 Å². The molecule has 1 rings (SSSR count). The highest BCUT2D eigenvalue weighted by Gasteiger charge is 2.41. The van der Waals surface area contributed by atoms with Crippen molar-refractivity contribution in [3.63, 3.8) is 0 Å². The lowest BCUT2D eigenvalue weighted by atomic mass is 9.98. The largest absolute Gasteiger partial charge is 0.394 e. The fourth-order valence-corrected chi connectivity index (χ4v) is 1.12. The van der Waals surface area contributed by atoms with Crippen LogP contribution in [0.15, 0.2) is 0 Å². The van der Waals surface area contributed by atoms with Gasteiger partial charge in [-0.05, 0) is 0 Å². The lowest BCUT2D eigenvalue weighted by Gasteiger charge is -2.38. The van der Waals surface area contributed by atoms with Crippen molar-refractivity contribution in [2.24, 2.45) is 5.73 Å². The maximum absolute atomic E-state index is 9.20. The second-order valence-corrected chi connectivity index (χ2v) is 2.81. The van der Waals surface area contributed by atoms with Crippen molar-refractivity contribution in [2.75, 3.05) is 6.61 Å². The molecule has 5 atom stereocenters. The SMILES string of the molecule is N[C@H]1C(O)[C@H](O)C(CO)O[C@H]1O. The molecule has 6 N–H and O–H groups in total. The minimum Gasteiger partial charge on any atom is -0.394 e. The monoisotopic (exact) mass is 179 g/mol. The number of hydrogen-bond donors (Lipinski definition) is 5. The third-order valence-corrected chi connectivity index (χ3v) is 1.95. The first-order valence-electron chi connectivity index (χ1n) is 3.64. The first kappa shape index (κ1) is 9.85. The average Bonchev–Trinajstić information content (AvgIpc) is 2.08. The lowest BCUT2D eigenvalue weighted by Crippen LogP contribution is -2.61. The Kier molecular flexibility index (Phi) is 2.99. The third-order valence-electron chi connectivity index (χ3n) is 1.95. The smallest absolute Gasteiger partial charge is 0.173 e. The van der Waals surface area contributed by atoms with Crippen molar-refractivity contribution in [1.82, 2.24) is 0 Å². The molecule has 0 aliphatic carbocycles. The highest BCUT2D eigenvalue weighted by atomic mass is 16.6. The van der Waals surface area contributed by atoms with Gasteiger partial charge < -0.3 is 30.9 Å². The van der Waals surface area contributed by atoms with E-state index in [1.807, 2.05) is 0 Å². The summed E-state index contributed by atoms with van der Waals surface area (Å²) < 4.78 is 4.70. The molecule has 1 heterocycles. The van der Waals surface area contributed by atoms with Crippen LogP contribution < -0.4 is 5.73 Å². The van der Waals surface area contributed by atoms with E-state index < -0.39 is 37.3 Å². The van der Waals surface area contributed by atoms with E-state index in [4.69, 9.17) is 20.7 Å². The van der Waals surface area contributed by atoms with E-state index in [0.717, 1.165) is 0 Å². The van der Waals surface area contributed by atoms with Gasteiger partial charge in [-0.1, -0.05) is 0 Å². The molecule has 0 radical (unpaired) electrons. The summed E-state index contributed by atoms with van der Waals surface area (Å²) in [7, 11) is 0. The zero-order chi connectivity index (χ0) is 9.30. The molecule has 1 aliphatic rings. The molecule has 1 saturated heterocycles. The summed E-state index contributed by atoms with van der Waals surface area (Å²) in [4.78, 5) is 0. The van der Waals surface area contributed by atoms with Crippen molar-refractivity contribution < 1.29 is 25.2 Å². The number of hydrogen-bond acceptors (Lipinski definition) is 6. The van der Waals surface area contributed by atoms with E-state index in [1.54, 1.807) is 0 Å². The molecule has 6 nitrogen and oxygen atoms in total. The van der Waals surface area contributed by atoms with Crippen LogP contribution in [0.2, 0.25) is 0 Å². The van der Waals surface area contributed by atoms with Crippen LogP contribution in [0.5, 0.6) is 0 Å². The quantitative estimate of drug-likeness (QED) is 0.288. The van der Waals surface area contributed by atoms with Crippen LogP contribution in [0.1, 0.15) is 0 Å². The van der Waals surface area contributed by atoms with Crippen LogP contribution in [-0.2, 0) is 4.74 Å². The van der Waals surface area contributed by atoms with E-state index in [1.165, 1.54) is 0 Å². The van der Waals surface area contributed by atoms with Crippen LogP contribution in [0.4, 0.5) is 0 Å². The summed E-state index contributed by atoms with van der Waals surface area (Å²) in [6.45, 7) is -0.470. The van der Waals surface area contributed by atoms with Crippen LogP contribution >= 0.6 is 0 Å². The Balaban J connectivity index is 2.63. The molecule has 1 aliphatic heterocycles. The first-order valence-corrected chi connectivity index (χ1v) is 3.64. The van der Waals surface area contributed by atoms with Crippen LogP contribution in [0.25, 0.3) is 0 Å². The number of aliphatic hydroxyl groups excluding tert-OH is 4. The summed E-state index contributed by atoms with van der Waals surface area (Å²) in [6.07, 6.45) is -4.85. The van der Waals surface area contributed by atoms with Gasteiger partial charge in [-0.2, -0.15) is 0 Å². The average molecular weight is 179 g/mol. The van der Waals surface area contributed by atoms with Gasteiger partial charge in [-0.15, -0.1) is 0 Å². The fourth-order valence-electron chi connectivity index (χ4n) is 1.12. The third kappa shape index (κ3) is 1.58. The molecule has 6 heteroatoms. The van der Waals surface area contributed by atoms with E-state index in [-0.39, 0.29) is 0 Å². The van der Waals surface area contributed by atoms with Crippen molar-refractivity contribution in [1.29, 1.82) is 0 Å². The van der Waals surface area contributed by atoms with Gasteiger partial charge in [0.2, 0.25) is 0 Å². The van der Waals surface area contributed by atoms with E-state index in [9.17, 15) is 10.2 Å². The molecule has 0 aromatic heterocycles. The topological polar surface area (TPSA) is 116 Å². The molecular weight excluding hydrogens is 166 g/mol. The second kappa shape index (κ2) is 3.65. The fraction of sp³-hybridized carbons (Fsp3) is 1.00. The number of ether oxygens (including phenoxy) is 1. The molecule has 12 heavy (non-hydrogen) atoms. The zero-order valence-corrected chi connectivity index (χ0v) is 6.37. The molecule has 0 bridgehead atoms. The van der Waals surface area contributed by atoms with Crippen molar-refractivity contribution in [3.05, 3.63) is 0 Å². The summed E-state index contributed by atoms with van der Waals surface area (Å²) in [5.74, 6) is 0. The highest BCUT2D eigenvalue weighted by Crippen LogP contribution is 2.17. The van der Waals surface area contributed by atoms with Crippen molar-refractivity contribution in [3.8, 4) is 0 Å². The minimum absolute atomic E-state index is 0.470. The standard InChI is InChI=1S/C6H13NO5/c7-3-5(10)4(9)2(1-8)12-6(3)11/h2-6,8-11H,1,7H2/t2?,3-,4+,5?,6+/m0/s1. The number of rotatable bonds is 1. The molecular formula is C6H13NO5. The molecule has 0 aromatic rings. The van der Waals surface area contributed by atoms with Crippen molar-refractivity contribution >= 4 is 0 Å². The van der Waals surface area contributed by atoms with Crippen LogP contribution in [-0.4, -0.2) is 57.7 Å². The van der Waals surface area contributed by atoms with E-state index in [2.05, 4.69) is 0 Å². The molecule has 72 valence electrons. The maximum Gasteiger partial charge on any atom is 0.173 e. The van der Waals surface area contributed by atoms with Crippen LogP contribution in [0.3, 0.4) is 0 Å². The Bertz CT molecular complexity index is 150. The predicted octanol–water partition coefficient (Wildman–Crippen LogP) is -3.26. The van der Waals surface area contributed by atoms with Gasteiger partial charge in [0.1, 0.15) is 18.3 Å². The summed E-state index contributed by atoms with van der Waals surface area (Å²) >= 11 is 0. The van der Waals surface area contributed by atoms with Gasteiger partial charge in [0, 0.05) is 0 Å². The molecule has 0 amide bonds. The molecule has 0 spiro atoms. The Morgan fingerprint density at radius 2 is 1.75 bits per heavy atom. The van der Waals surface area contributed by atoms with Crippen molar-refractivity contribution in [2.45, 2.75) is 30.6 Å². The maximum atomic E-state index is 9.20. The summed E-state index contributed by atoms with van der Waals surface area (Å²) in [6, 6.07) is -1.04. The van der Waals surface area contributed by atoms with E-state index in [0.29, 0.717) is 0 Å². The van der Waals surface area contributed by atoms with Gasteiger partial charge in [0.05, 0.1) is 12.6 Å². The van der Waals surface area contributed by atoms with Gasteiger partial charge in [-0.25, -0.2) is 0 Å². The Labute approximate surface area is 69.2 Å². The van der Waals surface area contributed by atoms with Gasteiger partial charge in [0.25, 0.3) is 0 Å². The Morgan fingerprint density at radius 3 is 2.25 bits per heavy atom. The van der Waals surface area contributed by atoms with Gasteiger partial charge >= 0.3 is 0 Å². The van der Waals surface area contributed by atoms with Gasteiger partial charge in [-0.3, -0.25) is 0 Å². The number of nitrogens with two attached hydrogens (primary N) is 1.